The van der Waals surface area contributed by atoms with Crippen LogP contribution in [-0.2, 0) is 0 Å². The molecule has 1 aliphatic heterocycles. The van der Waals surface area contributed by atoms with Crippen LogP contribution in [0.3, 0.4) is 0 Å². The average molecular weight is 431 g/mol. The Balaban J connectivity index is 3.22. The van der Waals surface area contributed by atoms with Crippen molar-refractivity contribution in [1.82, 2.24) is 9.36 Å². The molecule has 0 amide bonds. The van der Waals surface area contributed by atoms with Gasteiger partial charge in [0.05, 0.1) is 0 Å². The Morgan fingerprint density at radius 3 is 1.43 bits per heavy atom. The maximum atomic E-state index is 3.00. The molecular formula is C19H42N3Sn. The predicted molar refractivity (Wildman–Crippen MR) is 104 cm³/mol. The predicted octanol–water partition coefficient (Wildman–Crippen LogP) is 4.82. The van der Waals surface area contributed by atoms with Crippen molar-refractivity contribution in [2.45, 2.75) is 112 Å². The summed E-state index contributed by atoms with van der Waals surface area (Å²) < 4.78 is 8.92. The van der Waals surface area contributed by atoms with Gasteiger partial charge >= 0.3 is 155 Å². The summed E-state index contributed by atoms with van der Waals surface area (Å²) in [6.45, 7) is 24.3. The molecule has 1 saturated heterocycles. The molecule has 1 aliphatic rings. The maximum absolute atomic E-state index is 3.00. The van der Waals surface area contributed by atoms with Crippen molar-refractivity contribution in [3.05, 3.63) is 0 Å². The van der Waals surface area contributed by atoms with E-state index < -0.39 is 20.6 Å². The molecule has 0 N–H and O–H groups in total. The molecule has 0 aromatic rings. The van der Waals surface area contributed by atoms with Gasteiger partial charge in [-0.15, -0.1) is 0 Å². The van der Waals surface area contributed by atoms with Gasteiger partial charge in [-0.1, -0.05) is 0 Å². The van der Waals surface area contributed by atoms with Crippen LogP contribution < -0.4 is 0 Å². The quantitative estimate of drug-likeness (QED) is 0.459. The van der Waals surface area contributed by atoms with Crippen LogP contribution in [0.25, 0.3) is 0 Å². The van der Waals surface area contributed by atoms with Crippen LogP contribution in [0.1, 0.15) is 94.4 Å². The molecular weight excluding hydrogens is 389 g/mol. The third kappa shape index (κ3) is 4.45. The molecule has 23 heavy (non-hydrogen) atoms. The zero-order valence-corrected chi connectivity index (χ0v) is 20.2. The fourth-order valence-corrected chi connectivity index (χ4v) is 15.2. The molecule has 0 aromatic heterocycles. The van der Waals surface area contributed by atoms with Gasteiger partial charge in [0.2, 0.25) is 0 Å². The van der Waals surface area contributed by atoms with Gasteiger partial charge in [0.25, 0.3) is 0 Å². The number of hydrogen-bond donors (Lipinski definition) is 0. The molecule has 0 atom stereocenters. The van der Waals surface area contributed by atoms with Crippen molar-refractivity contribution < 1.29 is 0 Å². The molecule has 0 aromatic carbocycles. The van der Waals surface area contributed by atoms with Crippen LogP contribution in [0.15, 0.2) is 0 Å². The standard InChI is InChI=1S/C13H28N2.C6H14N.Sn/c1-8-11(14-12(4,5)9-2)15-13(6,7)10-3;1-3-5-7-6-4-2;/h11H,8-10H2,1-7H3;3-6H2,1-2H3;/q-2;-1;+3. The molecule has 0 aliphatic carbocycles. The van der Waals surface area contributed by atoms with Crippen molar-refractivity contribution >= 4 is 20.6 Å². The Morgan fingerprint density at radius 2 is 1.17 bits per heavy atom. The Hall–Kier alpha value is 0.679. The van der Waals surface area contributed by atoms with Crippen molar-refractivity contribution in [3.63, 3.8) is 0 Å². The van der Waals surface area contributed by atoms with E-state index in [-0.39, 0.29) is 0 Å². The summed E-state index contributed by atoms with van der Waals surface area (Å²) in [6, 6.07) is 0. The van der Waals surface area contributed by atoms with E-state index in [4.69, 9.17) is 0 Å². The van der Waals surface area contributed by atoms with Crippen molar-refractivity contribution in [2.24, 2.45) is 0 Å². The zero-order chi connectivity index (χ0) is 17.8. The van der Waals surface area contributed by atoms with Crippen LogP contribution in [0.5, 0.6) is 0 Å². The number of rotatable bonds is 10. The summed E-state index contributed by atoms with van der Waals surface area (Å²) in [4.78, 5) is 0. The van der Waals surface area contributed by atoms with E-state index in [2.05, 4.69) is 71.7 Å². The number of hydrogen-bond acceptors (Lipinski definition) is 3. The van der Waals surface area contributed by atoms with Gasteiger partial charge in [0.1, 0.15) is 0 Å². The van der Waals surface area contributed by atoms with Crippen LogP contribution in [-0.4, -0.2) is 60.3 Å². The van der Waals surface area contributed by atoms with Crippen molar-refractivity contribution in [1.29, 1.82) is 0 Å². The summed E-state index contributed by atoms with van der Waals surface area (Å²) >= 11 is -1.95. The molecule has 1 rings (SSSR count). The Labute approximate surface area is 154 Å². The summed E-state index contributed by atoms with van der Waals surface area (Å²) in [5.74, 6) is 0. The first-order valence-electron chi connectivity index (χ1n) is 9.92. The zero-order valence-electron chi connectivity index (χ0n) is 17.4. The molecule has 1 fully saturated rings. The number of nitrogens with zero attached hydrogens (tertiary/aromatic N) is 3. The molecule has 4 heteroatoms. The van der Waals surface area contributed by atoms with Crippen LogP contribution >= 0.6 is 0 Å². The first-order chi connectivity index (χ1) is 10.7. The Morgan fingerprint density at radius 1 is 0.783 bits per heavy atom. The van der Waals surface area contributed by atoms with Crippen molar-refractivity contribution in [2.75, 3.05) is 13.1 Å². The third-order valence-corrected chi connectivity index (χ3v) is 16.2. The second-order valence-electron chi connectivity index (χ2n) is 8.25. The van der Waals surface area contributed by atoms with Gasteiger partial charge in [-0.2, -0.15) is 0 Å². The second-order valence-corrected chi connectivity index (χ2v) is 14.5. The van der Waals surface area contributed by atoms with Crippen LogP contribution in [0.2, 0.25) is 0 Å². The summed E-state index contributed by atoms with van der Waals surface area (Å²) in [7, 11) is 0. The van der Waals surface area contributed by atoms with Gasteiger partial charge in [-0.25, -0.2) is 0 Å². The molecule has 3 nitrogen and oxygen atoms in total. The van der Waals surface area contributed by atoms with E-state index >= 15 is 0 Å². The molecule has 137 valence electrons. The summed E-state index contributed by atoms with van der Waals surface area (Å²) in [5, 5.41) is 0. The SMILES string of the molecule is CCC[N](CCC)[Sn]1[N](C(C)(C)CC)C(CC)[N]1C(C)(C)CC. The molecule has 1 heterocycles. The minimum atomic E-state index is -1.95. The Kier molecular flexibility index (Phi) is 8.37. The topological polar surface area (TPSA) is 9.72 Å². The third-order valence-electron chi connectivity index (χ3n) is 5.70. The van der Waals surface area contributed by atoms with E-state index in [0.29, 0.717) is 17.2 Å². The van der Waals surface area contributed by atoms with E-state index in [1.807, 2.05) is 0 Å². The fourth-order valence-electron chi connectivity index (χ4n) is 3.65. The normalized spacial score (nSPS) is 19.6. The van der Waals surface area contributed by atoms with Gasteiger partial charge in [-0.05, 0) is 0 Å². The second kappa shape index (κ2) is 8.86. The van der Waals surface area contributed by atoms with Gasteiger partial charge < -0.3 is 0 Å². The van der Waals surface area contributed by atoms with E-state index in [9.17, 15) is 0 Å². The van der Waals surface area contributed by atoms with E-state index in [1.165, 1.54) is 45.2 Å². The molecule has 0 saturated carbocycles. The summed E-state index contributed by atoms with van der Waals surface area (Å²) in [5.41, 5.74) is 0.686. The molecule has 1 radical (unpaired) electrons. The van der Waals surface area contributed by atoms with Crippen LogP contribution in [0, 0.1) is 0 Å². The average Bonchev–Trinajstić information content (AvgIpc) is 2.46. The first kappa shape index (κ1) is 21.7. The first-order valence-corrected chi connectivity index (χ1v) is 13.7. The van der Waals surface area contributed by atoms with Gasteiger partial charge in [-0.3, -0.25) is 0 Å². The van der Waals surface area contributed by atoms with Gasteiger partial charge in [0, 0.05) is 0 Å². The molecule has 0 unspecified atom stereocenters. The fraction of sp³-hybridized carbons (Fsp3) is 1.00. The van der Waals surface area contributed by atoms with E-state index in [0.717, 1.165) is 0 Å². The Bertz CT molecular complexity index is 327. The molecule has 0 bridgehead atoms. The van der Waals surface area contributed by atoms with E-state index in [1.54, 1.807) is 0 Å². The monoisotopic (exact) mass is 432 g/mol. The van der Waals surface area contributed by atoms with Crippen molar-refractivity contribution in [3.8, 4) is 0 Å². The minimum absolute atomic E-state index is 0.343. The van der Waals surface area contributed by atoms with Gasteiger partial charge in [0.15, 0.2) is 0 Å². The molecule has 0 spiro atoms. The summed E-state index contributed by atoms with van der Waals surface area (Å²) in [6.07, 6.45) is 6.97. The van der Waals surface area contributed by atoms with Crippen LogP contribution in [0.4, 0.5) is 0 Å².